The Morgan fingerprint density at radius 1 is 1.23 bits per heavy atom. The number of nitro benzene ring substituents is 1. The van der Waals surface area contributed by atoms with Gasteiger partial charge in [-0.3, -0.25) is 14.9 Å². The minimum atomic E-state index is -0.474. The Hall–Kier alpha value is -3.40. The van der Waals surface area contributed by atoms with E-state index >= 15 is 0 Å². The van der Waals surface area contributed by atoms with Crippen molar-refractivity contribution in [2.24, 2.45) is 0 Å². The number of furan rings is 1. The fourth-order valence-corrected chi connectivity index (χ4v) is 2.91. The average molecular weight is 351 g/mol. The molecule has 0 spiro atoms. The van der Waals surface area contributed by atoms with Gasteiger partial charge in [0.05, 0.1) is 4.92 Å². The Kier molecular flexibility index (Phi) is 5.13. The van der Waals surface area contributed by atoms with Crippen molar-refractivity contribution in [3.8, 4) is 17.4 Å². The van der Waals surface area contributed by atoms with E-state index in [4.69, 9.17) is 4.42 Å². The van der Waals surface area contributed by atoms with Gasteiger partial charge in [-0.25, -0.2) is 0 Å². The zero-order valence-corrected chi connectivity index (χ0v) is 14.1. The Morgan fingerprint density at radius 2 is 2.00 bits per heavy atom. The predicted octanol–water partition coefficient (Wildman–Crippen LogP) is 3.77. The highest BCUT2D eigenvalue weighted by atomic mass is 16.6. The van der Waals surface area contributed by atoms with Gasteiger partial charge in [-0.2, -0.15) is 5.26 Å². The molecule has 0 aliphatic carbocycles. The number of likely N-dealkylation sites (tertiary alicyclic amines) is 1. The molecule has 0 radical (unpaired) electrons. The largest absolute Gasteiger partial charge is 0.457 e. The lowest BCUT2D eigenvalue weighted by Crippen LogP contribution is -2.36. The van der Waals surface area contributed by atoms with Gasteiger partial charge in [0.25, 0.3) is 11.6 Å². The summed E-state index contributed by atoms with van der Waals surface area (Å²) in [6.07, 6.45) is 4.40. The van der Waals surface area contributed by atoms with Gasteiger partial charge in [-0.15, -0.1) is 0 Å². The zero-order valence-electron chi connectivity index (χ0n) is 14.1. The molecule has 0 saturated carbocycles. The third kappa shape index (κ3) is 3.81. The predicted molar refractivity (Wildman–Crippen MR) is 94.8 cm³/mol. The number of rotatable bonds is 4. The second kappa shape index (κ2) is 7.66. The maximum Gasteiger partial charge on any atom is 0.270 e. The van der Waals surface area contributed by atoms with Crippen LogP contribution in [-0.2, 0) is 4.79 Å². The first-order chi connectivity index (χ1) is 12.6. The minimum Gasteiger partial charge on any atom is -0.457 e. The molecule has 1 fully saturated rings. The van der Waals surface area contributed by atoms with E-state index in [1.165, 1.54) is 18.2 Å². The fraction of sp³-hybridized carbons (Fsp3) is 0.263. The van der Waals surface area contributed by atoms with Crippen molar-refractivity contribution in [2.45, 2.75) is 19.3 Å². The molecule has 1 aromatic carbocycles. The van der Waals surface area contributed by atoms with Gasteiger partial charge < -0.3 is 9.32 Å². The van der Waals surface area contributed by atoms with E-state index in [0.717, 1.165) is 19.3 Å². The monoisotopic (exact) mass is 351 g/mol. The van der Waals surface area contributed by atoms with Crippen LogP contribution in [0.25, 0.3) is 17.4 Å². The van der Waals surface area contributed by atoms with E-state index in [-0.39, 0.29) is 17.2 Å². The van der Waals surface area contributed by atoms with E-state index in [0.29, 0.717) is 30.2 Å². The third-order valence-electron chi connectivity index (χ3n) is 4.25. The number of benzene rings is 1. The molecule has 1 aromatic heterocycles. The molecule has 26 heavy (non-hydrogen) atoms. The molecule has 3 rings (SSSR count). The molecule has 132 valence electrons. The van der Waals surface area contributed by atoms with Gasteiger partial charge in [0, 0.05) is 36.9 Å². The maximum atomic E-state index is 12.4. The Bertz CT molecular complexity index is 902. The van der Waals surface area contributed by atoms with Crippen LogP contribution in [0.2, 0.25) is 0 Å². The van der Waals surface area contributed by atoms with E-state index < -0.39 is 4.92 Å². The number of carbonyl (C=O) groups excluding carboxylic acids is 1. The summed E-state index contributed by atoms with van der Waals surface area (Å²) < 4.78 is 5.65. The number of nitriles is 1. The molecule has 0 unspecified atom stereocenters. The molecule has 7 heteroatoms. The number of nitro groups is 1. The molecule has 2 aromatic rings. The van der Waals surface area contributed by atoms with Gasteiger partial charge in [0.15, 0.2) is 0 Å². The lowest BCUT2D eigenvalue weighted by atomic mass is 10.1. The molecule has 1 saturated heterocycles. The quantitative estimate of drug-likeness (QED) is 0.361. The Labute approximate surface area is 150 Å². The van der Waals surface area contributed by atoms with Gasteiger partial charge >= 0.3 is 0 Å². The van der Waals surface area contributed by atoms with Gasteiger partial charge in [0.1, 0.15) is 23.2 Å². The van der Waals surface area contributed by atoms with E-state index in [1.54, 1.807) is 29.2 Å². The first-order valence-electron chi connectivity index (χ1n) is 8.34. The molecular weight excluding hydrogens is 334 g/mol. The molecule has 0 atom stereocenters. The van der Waals surface area contributed by atoms with Crippen molar-refractivity contribution < 1.29 is 14.1 Å². The lowest BCUT2D eigenvalue weighted by Gasteiger charge is -2.26. The van der Waals surface area contributed by atoms with Crippen molar-refractivity contribution in [2.75, 3.05) is 13.1 Å². The first-order valence-corrected chi connectivity index (χ1v) is 8.34. The van der Waals surface area contributed by atoms with Crippen molar-refractivity contribution in [1.29, 1.82) is 5.26 Å². The normalized spacial score (nSPS) is 14.7. The van der Waals surface area contributed by atoms with E-state index in [1.807, 2.05) is 6.07 Å². The van der Waals surface area contributed by atoms with Crippen LogP contribution in [0.3, 0.4) is 0 Å². The van der Waals surface area contributed by atoms with Crippen LogP contribution in [0.5, 0.6) is 0 Å². The van der Waals surface area contributed by atoms with E-state index in [2.05, 4.69) is 0 Å². The number of hydrogen-bond acceptors (Lipinski definition) is 5. The van der Waals surface area contributed by atoms with Crippen LogP contribution < -0.4 is 0 Å². The number of piperidine rings is 1. The first kappa shape index (κ1) is 17.4. The summed E-state index contributed by atoms with van der Waals surface area (Å²) in [5.74, 6) is 0.497. The molecule has 7 nitrogen and oxygen atoms in total. The second-order valence-electron chi connectivity index (χ2n) is 6.03. The van der Waals surface area contributed by atoms with Crippen LogP contribution in [0.4, 0.5) is 5.69 Å². The summed E-state index contributed by atoms with van der Waals surface area (Å²) >= 11 is 0. The van der Waals surface area contributed by atoms with Crippen molar-refractivity contribution in [1.82, 2.24) is 4.90 Å². The minimum absolute atomic E-state index is 0.0202. The summed E-state index contributed by atoms with van der Waals surface area (Å²) in [4.78, 5) is 24.5. The van der Waals surface area contributed by atoms with Crippen LogP contribution in [-0.4, -0.2) is 28.8 Å². The molecular formula is C19H17N3O4. The molecule has 0 bridgehead atoms. The lowest BCUT2D eigenvalue weighted by molar-refractivity contribution is -0.384. The fourth-order valence-electron chi connectivity index (χ4n) is 2.91. The Morgan fingerprint density at radius 3 is 2.69 bits per heavy atom. The molecule has 0 N–H and O–H groups in total. The number of nitrogens with zero attached hydrogens (tertiary/aromatic N) is 3. The van der Waals surface area contributed by atoms with Crippen LogP contribution in [0.15, 0.2) is 46.4 Å². The highest BCUT2D eigenvalue weighted by Gasteiger charge is 2.20. The van der Waals surface area contributed by atoms with E-state index in [9.17, 15) is 20.2 Å². The standard InChI is InChI=1S/C19H17N3O4/c20-13-15(19(23)21-9-2-1-3-10-21)12-17-7-8-18(26-17)14-5-4-6-16(11-14)22(24)25/h4-8,11-12H,1-3,9-10H2/b15-12+. The summed E-state index contributed by atoms with van der Waals surface area (Å²) in [6.45, 7) is 1.32. The molecule has 1 aliphatic heterocycles. The zero-order chi connectivity index (χ0) is 18.5. The molecule has 1 aliphatic rings. The Balaban J connectivity index is 1.83. The SMILES string of the molecule is N#C/C(=C\c1ccc(-c2cccc([N+](=O)[O-])c2)o1)C(=O)N1CCCCC1. The van der Waals surface area contributed by atoms with Crippen LogP contribution >= 0.6 is 0 Å². The third-order valence-corrected chi connectivity index (χ3v) is 4.25. The van der Waals surface area contributed by atoms with Gasteiger partial charge in [-0.05, 0) is 31.4 Å². The topological polar surface area (TPSA) is 100 Å². The van der Waals surface area contributed by atoms with Crippen molar-refractivity contribution in [3.63, 3.8) is 0 Å². The van der Waals surface area contributed by atoms with Crippen LogP contribution in [0.1, 0.15) is 25.0 Å². The van der Waals surface area contributed by atoms with Crippen LogP contribution in [0, 0.1) is 21.4 Å². The molecule has 2 heterocycles. The molecule has 1 amide bonds. The smallest absolute Gasteiger partial charge is 0.270 e. The second-order valence-corrected chi connectivity index (χ2v) is 6.03. The highest BCUT2D eigenvalue weighted by molar-refractivity contribution is 6.01. The van der Waals surface area contributed by atoms with Crippen molar-refractivity contribution >= 4 is 17.7 Å². The summed E-state index contributed by atoms with van der Waals surface area (Å²) in [6, 6.07) is 11.3. The average Bonchev–Trinajstić information content (AvgIpc) is 3.15. The summed E-state index contributed by atoms with van der Waals surface area (Å²) in [5.41, 5.74) is 0.542. The number of non-ortho nitro benzene ring substituents is 1. The van der Waals surface area contributed by atoms with Crippen molar-refractivity contribution in [3.05, 3.63) is 57.8 Å². The summed E-state index contributed by atoms with van der Waals surface area (Å²) in [7, 11) is 0. The highest BCUT2D eigenvalue weighted by Crippen LogP contribution is 2.26. The number of amides is 1. The summed E-state index contributed by atoms with van der Waals surface area (Å²) in [5, 5.41) is 20.2. The number of carbonyl (C=O) groups is 1. The van der Waals surface area contributed by atoms with Gasteiger partial charge in [-0.1, -0.05) is 12.1 Å². The van der Waals surface area contributed by atoms with Gasteiger partial charge in [0.2, 0.25) is 0 Å². The maximum absolute atomic E-state index is 12.4. The number of hydrogen-bond donors (Lipinski definition) is 0.